The summed E-state index contributed by atoms with van der Waals surface area (Å²) in [6.07, 6.45) is 0.399. The second-order valence-corrected chi connectivity index (χ2v) is 6.28. The van der Waals surface area contributed by atoms with Crippen LogP contribution in [0.4, 0.5) is 8.78 Å². The van der Waals surface area contributed by atoms with Crippen LogP contribution in [0.1, 0.15) is 31.2 Å². The van der Waals surface area contributed by atoms with Crippen molar-refractivity contribution in [2.75, 3.05) is 7.11 Å². The largest absolute Gasteiger partial charge is 0.497 e. The summed E-state index contributed by atoms with van der Waals surface area (Å²) in [6.45, 7) is 0. The molecular formula is C15H19BrF2O2. The van der Waals surface area contributed by atoms with Crippen LogP contribution in [0.25, 0.3) is 0 Å². The Balaban J connectivity index is 1.99. The topological polar surface area (TPSA) is 29.5 Å². The van der Waals surface area contributed by atoms with E-state index in [1.165, 1.54) is 0 Å². The molecular weight excluding hydrogens is 330 g/mol. The molecule has 1 aliphatic carbocycles. The van der Waals surface area contributed by atoms with Crippen molar-refractivity contribution >= 4 is 15.9 Å². The zero-order valence-electron chi connectivity index (χ0n) is 11.4. The van der Waals surface area contributed by atoms with Crippen LogP contribution in [-0.4, -0.2) is 24.2 Å². The van der Waals surface area contributed by atoms with Gasteiger partial charge in [-0.1, -0.05) is 15.9 Å². The van der Waals surface area contributed by atoms with Crippen molar-refractivity contribution in [2.24, 2.45) is 5.92 Å². The Hall–Kier alpha value is -0.680. The Labute approximate surface area is 126 Å². The first kappa shape index (κ1) is 15.7. The fourth-order valence-corrected chi connectivity index (χ4v) is 3.08. The highest BCUT2D eigenvalue weighted by molar-refractivity contribution is 9.10. The van der Waals surface area contributed by atoms with Crippen LogP contribution >= 0.6 is 15.9 Å². The molecule has 1 aromatic rings. The minimum Gasteiger partial charge on any atom is -0.497 e. The number of alkyl halides is 2. The molecule has 2 nitrogen and oxygen atoms in total. The molecule has 1 N–H and O–H groups in total. The smallest absolute Gasteiger partial charge is 0.248 e. The Morgan fingerprint density at radius 3 is 2.65 bits per heavy atom. The third-order valence-corrected chi connectivity index (χ3v) is 4.76. The lowest BCUT2D eigenvalue weighted by molar-refractivity contribution is -0.0619. The standard InChI is InChI=1S/C15H19BrF2O2/c1-20-12-2-3-13(16)11(8-12)9-14(19)10-4-6-15(17,18)7-5-10/h2-3,8,10,14,19H,4-7,9H2,1H3. The van der Waals surface area contributed by atoms with E-state index in [0.29, 0.717) is 19.3 Å². The Morgan fingerprint density at radius 2 is 2.05 bits per heavy atom. The predicted molar refractivity (Wildman–Crippen MR) is 77.3 cm³/mol. The summed E-state index contributed by atoms with van der Waals surface area (Å²) >= 11 is 3.44. The zero-order chi connectivity index (χ0) is 14.8. The molecule has 5 heteroatoms. The van der Waals surface area contributed by atoms with E-state index in [-0.39, 0.29) is 18.8 Å². The summed E-state index contributed by atoms with van der Waals surface area (Å²) in [6, 6.07) is 5.57. The SMILES string of the molecule is COc1ccc(Br)c(CC(O)C2CCC(F)(F)CC2)c1. The van der Waals surface area contributed by atoms with Crippen molar-refractivity contribution in [1.82, 2.24) is 0 Å². The molecule has 1 aliphatic rings. The van der Waals surface area contributed by atoms with Crippen molar-refractivity contribution in [3.8, 4) is 5.75 Å². The van der Waals surface area contributed by atoms with Crippen LogP contribution in [0.3, 0.4) is 0 Å². The van der Waals surface area contributed by atoms with Crippen LogP contribution in [-0.2, 0) is 6.42 Å². The molecule has 0 saturated heterocycles. The van der Waals surface area contributed by atoms with Crippen LogP contribution < -0.4 is 4.74 Å². The van der Waals surface area contributed by atoms with Gasteiger partial charge in [-0.05, 0) is 48.9 Å². The fraction of sp³-hybridized carbons (Fsp3) is 0.600. The molecule has 0 radical (unpaired) electrons. The van der Waals surface area contributed by atoms with E-state index in [2.05, 4.69) is 15.9 Å². The van der Waals surface area contributed by atoms with Crippen LogP contribution in [0.5, 0.6) is 5.75 Å². The van der Waals surface area contributed by atoms with Crippen molar-refractivity contribution in [3.63, 3.8) is 0 Å². The molecule has 1 saturated carbocycles. The average molecular weight is 349 g/mol. The van der Waals surface area contributed by atoms with Crippen LogP contribution in [0.2, 0.25) is 0 Å². The lowest BCUT2D eigenvalue weighted by Gasteiger charge is -2.31. The number of aliphatic hydroxyl groups is 1. The number of rotatable bonds is 4. The number of hydrogen-bond acceptors (Lipinski definition) is 2. The molecule has 0 aromatic heterocycles. The molecule has 0 aliphatic heterocycles. The molecule has 1 aromatic carbocycles. The molecule has 1 unspecified atom stereocenters. The first-order valence-corrected chi connectivity index (χ1v) is 7.59. The van der Waals surface area contributed by atoms with Gasteiger partial charge in [0, 0.05) is 17.3 Å². The highest BCUT2D eigenvalue weighted by Gasteiger charge is 2.37. The van der Waals surface area contributed by atoms with E-state index in [9.17, 15) is 13.9 Å². The Bertz CT molecular complexity index is 455. The quantitative estimate of drug-likeness (QED) is 0.883. The van der Waals surface area contributed by atoms with Gasteiger partial charge < -0.3 is 9.84 Å². The fourth-order valence-electron chi connectivity index (χ4n) is 2.67. The van der Waals surface area contributed by atoms with Crippen molar-refractivity contribution < 1.29 is 18.6 Å². The van der Waals surface area contributed by atoms with Gasteiger partial charge in [0.25, 0.3) is 0 Å². The van der Waals surface area contributed by atoms with E-state index >= 15 is 0 Å². The van der Waals surface area contributed by atoms with Gasteiger partial charge in [0.15, 0.2) is 0 Å². The van der Waals surface area contributed by atoms with Gasteiger partial charge in [0.05, 0.1) is 13.2 Å². The van der Waals surface area contributed by atoms with Gasteiger partial charge >= 0.3 is 0 Å². The van der Waals surface area contributed by atoms with Gasteiger partial charge in [-0.3, -0.25) is 0 Å². The summed E-state index contributed by atoms with van der Waals surface area (Å²) in [7, 11) is 1.59. The molecule has 0 heterocycles. The molecule has 1 atom stereocenters. The predicted octanol–water partition coefficient (Wildman–Crippen LogP) is 4.19. The first-order valence-electron chi connectivity index (χ1n) is 6.79. The highest BCUT2D eigenvalue weighted by atomic mass is 79.9. The monoisotopic (exact) mass is 348 g/mol. The molecule has 1 fully saturated rings. The molecule has 0 spiro atoms. The normalized spacial score (nSPS) is 20.6. The summed E-state index contributed by atoms with van der Waals surface area (Å²) in [5.74, 6) is -1.87. The summed E-state index contributed by atoms with van der Waals surface area (Å²) in [4.78, 5) is 0. The van der Waals surface area contributed by atoms with Gasteiger partial charge in [0.2, 0.25) is 5.92 Å². The Morgan fingerprint density at radius 1 is 1.40 bits per heavy atom. The maximum atomic E-state index is 13.1. The Kier molecular flexibility index (Phi) is 5.02. The number of aliphatic hydroxyl groups excluding tert-OH is 1. The third-order valence-electron chi connectivity index (χ3n) is 3.99. The van der Waals surface area contributed by atoms with Crippen molar-refractivity contribution in [3.05, 3.63) is 28.2 Å². The summed E-state index contributed by atoms with van der Waals surface area (Å²) in [5, 5.41) is 10.3. The summed E-state index contributed by atoms with van der Waals surface area (Å²) < 4.78 is 32.3. The van der Waals surface area contributed by atoms with Gasteiger partial charge in [-0.2, -0.15) is 0 Å². The third kappa shape index (κ3) is 3.92. The molecule has 20 heavy (non-hydrogen) atoms. The van der Waals surface area contributed by atoms with Crippen LogP contribution in [0, 0.1) is 5.92 Å². The van der Waals surface area contributed by atoms with Crippen molar-refractivity contribution in [2.45, 2.75) is 44.1 Å². The number of halogens is 3. The van der Waals surface area contributed by atoms with E-state index in [1.807, 2.05) is 18.2 Å². The van der Waals surface area contributed by atoms with E-state index in [4.69, 9.17) is 4.74 Å². The lowest BCUT2D eigenvalue weighted by atomic mass is 9.81. The minimum absolute atomic E-state index is 0.0484. The average Bonchev–Trinajstić information content (AvgIpc) is 2.41. The molecule has 0 amide bonds. The molecule has 2 rings (SSSR count). The van der Waals surface area contributed by atoms with E-state index < -0.39 is 12.0 Å². The van der Waals surface area contributed by atoms with Crippen LogP contribution in [0.15, 0.2) is 22.7 Å². The number of methoxy groups -OCH3 is 1. The maximum Gasteiger partial charge on any atom is 0.248 e. The second kappa shape index (κ2) is 6.39. The van der Waals surface area contributed by atoms with Gasteiger partial charge in [0.1, 0.15) is 5.75 Å². The zero-order valence-corrected chi connectivity index (χ0v) is 13.0. The number of benzene rings is 1. The van der Waals surface area contributed by atoms with E-state index in [1.54, 1.807) is 7.11 Å². The number of ether oxygens (including phenoxy) is 1. The summed E-state index contributed by atoms with van der Waals surface area (Å²) in [5.41, 5.74) is 0.939. The lowest BCUT2D eigenvalue weighted by Crippen LogP contribution is -2.32. The minimum atomic E-state index is -2.55. The van der Waals surface area contributed by atoms with E-state index in [0.717, 1.165) is 15.8 Å². The van der Waals surface area contributed by atoms with Gasteiger partial charge in [-0.25, -0.2) is 8.78 Å². The maximum absolute atomic E-state index is 13.1. The molecule has 112 valence electrons. The van der Waals surface area contributed by atoms with Gasteiger partial charge in [-0.15, -0.1) is 0 Å². The highest BCUT2D eigenvalue weighted by Crippen LogP contribution is 2.38. The second-order valence-electron chi connectivity index (χ2n) is 5.42. The first-order chi connectivity index (χ1) is 9.41. The molecule has 0 bridgehead atoms. The number of hydrogen-bond donors (Lipinski definition) is 1. The van der Waals surface area contributed by atoms with Crippen molar-refractivity contribution in [1.29, 1.82) is 0 Å².